The summed E-state index contributed by atoms with van der Waals surface area (Å²) in [4.78, 5) is 47.1. The van der Waals surface area contributed by atoms with Crippen LogP contribution >= 0.6 is 0 Å². The first-order valence-electron chi connectivity index (χ1n) is 15.7. The second-order valence-electron chi connectivity index (χ2n) is 11.6. The fourth-order valence-electron chi connectivity index (χ4n) is 6.13. The molecule has 3 aromatic rings. The molecule has 0 saturated carbocycles. The lowest BCUT2D eigenvalue weighted by Crippen LogP contribution is -2.50. The van der Waals surface area contributed by atoms with Gasteiger partial charge >= 0.3 is 12.1 Å². The summed E-state index contributed by atoms with van der Waals surface area (Å²) < 4.78 is 16.6. The van der Waals surface area contributed by atoms with Gasteiger partial charge in [0.2, 0.25) is 5.91 Å². The predicted molar refractivity (Wildman–Crippen MR) is 177 cm³/mol. The normalized spacial score (nSPS) is 15.3. The van der Waals surface area contributed by atoms with E-state index in [1.165, 1.54) is 7.11 Å². The summed E-state index contributed by atoms with van der Waals surface area (Å²) in [6, 6.07) is 24.2. The van der Waals surface area contributed by atoms with Gasteiger partial charge in [0.25, 0.3) is 0 Å². The lowest BCUT2D eigenvalue weighted by atomic mass is 9.98. The van der Waals surface area contributed by atoms with Crippen LogP contribution in [0.25, 0.3) is 11.1 Å². The van der Waals surface area contributed by atoms with Crippen molar-refractivity contribution in [3.05, 3.63) is 95.6 Å². The number of benzene rings is 3. The van der Waals surface area contributed by atoms with Gasteiger partial charge in [0.15, 0.2) is 5.96 Å². The van der Waals surface area contributed by atoms with E-state index >= 15 is 0 Å². The Balaban J connectivity index is 1.21. The number of amides is 2. The zero-order valence-electron chi connectivity index (χ0n) is 26.5. The highest BCUT2D eigenvalue weighted by Gasteiger charge is 2.37. The van der Waals surface area contributed by atoms with Gasteiger partial charge in [-0.15, -0.1) is 0 Å². The Morgan fingerprint density at radius 2 is 1.60 bits per heavy atom. The molecule has 0 spiro atoms. The molecule has 1 aliphatic heterocycles. The number of carbonyl (C=O) groups excluding carboxylic acids is 3. The smallest absolute Gasteiger partial charge is 0.407 e. The molecule has 0 radical (unpaired) electrons. The predicted octanol–water partition coefficient (Wildman–Crippen LogP) is 2.81. The number of hydrogen-bond donors (Lipinski definition) is 3. The van der Waals surface area contributed by atoms with E-state index in [0.29, 0.717) is 32.7 Å². The third-order valence-corrected chi connectivity index (χ3v) is 8.50. The Labute approximate surface area is 274 Å². The number of fused-ring (bicyclic) bond motifs is 3. The Morgan fingerprint density at radius 1 is 0.936 bits per heavy atom. The number of ether oxygens (including phenoxy) is 3. The van der Waals surface area contributed by atoms with Crippen LogP contribution in [-0.2, 0) is 30.4 Å². The van der Waals surface area contributed by atoms with E-state index < -0.39 is 24.1 Å². The van der Waals surface area contributed by atoms with E-state index in [1.54, 1.807) is 4.90 Å². The first kappa shape index (κ1) is 33.4. The van der Waals surface area contributed by atoms with Crippen LogP contribution in [-0.4, -0.2) is 92.4 Å². The highest BCUT2D eigenvalue weighted by atomic mass is 16.5. The number of alkyl carbamates (subject to hydrolysis) is 1. The minimum absolute atomic E-state index is 0.0455. The number of nitrogens with zero attached hydrogens (tertiary/aromatic N) is 3. The highest BCUT2D eigenvalue weighted by molar-refractivity contribution is 5.86. The molecule has 1 aliphatic carbocycles. The molecule has 1 heterocycles. The van der Waals surface area contributed by atoms with Gasteiger partial charge in [0, 0.05) is 25.6 Å². The van der Waals surface area contributed by atoms with Gasteiger partial charge in [-0.05, 0) is 40.7 Å². The first-order valence-corrected chi connectivity index (χ1v) is 15.7. The molecule has 5 rings (SSSR count). The van der Waals surface area contributed by atoms with E-state index in [9.17, 15) is 14.4 Å². The van der Waals surface area contributed by atoms with Crippen LogP contribution in [0.5, 0.6) is 0 Å². The Kier molecular flexibility index (Phi) is 11.4. The van der Waals surface area contributed by atoms with Crippen molar-refractivity contribution in [2.45, 2.75) is 37.5 Å². The van der Waals surface area contributed by atoms with Gasteiger partial charge in [-0.2, -0.15) is 0 Å². The standard InChI is InChI=1S/C35H42N6O6/c1-45-33(43)31(22-46-20-24-10-3-2-4-11-24)40-18-19-41(23-40)32(42)30(16-9-17-38-34(36)37)39-35(44)47-21-29-27-14-7-5-12-25(27)26-13-6-8-15-28(26)29/h2-8,10-15,29-31H,9,16-23H2,1H3,(H,39,44)(H4,36,37,38)/t30-,31-/m0/s1. The average Bonchev–Trinajstić information content (AvgIpc) is 3.70. The monoisotopic (exact) mass is 642 g/mol. The van der Waals surface area contributed by atoms with Crippen molar-refractivity contribution in [2.24, 2.45) is 16.5 Å². The van der Waals surface area contributed by atoms with Gasteiger partial charge in [0.05, 0.1) is 27.0 Å². The quantitative estimate of drug-likeness (QED) is 0.104. The number of nitrogens with one attached hydrogen (secondary N) is 1. The number of nitrogens with two attached hydrogens (primary N) is 2. The number of esters is 1. The fourth-order valence-corrected chi connectivity index (χ4v) is 6.13. The van der Waals surface area contributed by atoms with Crippen molar-refractivity contribution < 1.29 is 28.6 Å². The van der Waals surface area contributed by atoms with Crippen molar-refractivity contribution in [3.63, 3.8) is 0 Å². The number of methoxy groups -OCH3 is 1. The summed E-state index contributed by atoms with van der Waals surface area (Å²) >= 11 is 0. The molecule has 2 aliphatic rings. The van der Waals surface area contributed by atoms with Gasteiger partial charge in [-0.1, -0.05) is 78.9 Å². The van der Waals surface area contributed by atoms with Crippen molar-refractivity contribution >= 4 is 23.9 Å². The van der Waals surface area contributed by atoms with Crippen LogP contribution in [0.2, 0.25) is 0 Å². The average molecular weight is 643 g/mol. The van der Waals surface area contributed by atoms with E-state index in [1.807, 2.05) is 71.6 Å². The van der Waals surface area contributed by atoms with Gasteiger partial charge in [-0.3, -0.25) is 19.5 Å². The highest BCUT2D eigenvalue weighted by Crippen LogP contribution is 2.44. The molecule has 1 saturated heterocycles. The van der Waals surface area contributed by atoms with Gasteiger partial charge in [-0.25, -0.2) is 4.79 Å². The number of aliphatic imine (C=N–C) groups is 1. The van der Waals surface area contributed by atoms with Crippen molar-refractivity contribution in [2.75, 3.05) is 46.6 Å². The minimum Gasteiger partial charge on any atom is -0.468 e. The molecule has 0 aromatic heterocycles. The van der Waals surface area contributed by atoms with E-state index in [0.717, 1.165) is 27.8 Å². The minimum atomic E-state index is -0.884. The van der Waals surface area contributed by atoms with Gasteiger partial charge in [0.1, 0.15) is 18.7 Å². The molecule has 0 bridgehead atoms. The van der Waals surface area contributed by atoms with E-state index in [4.69, 9.17) is 25.7 Å². The van der Waals surface area contributed by atoms with Crippen LogP contribution in [0.3, 0.4) is 0 Å². The van der Waals surface area contributed by atoms with Crippen LogP contribution in [0.1, 0.15) is 35.4 Å². The maximum Gasteiger partial charge on any atom is 0.407 e. The van der Waals surface area contributed by atoms with Crippen LogP contribution in [0.4, 0.5) is 4.79 Å². The summed E-state index contributed by atoms with van der Waals surface area (Å²) in [7, 11) is 1.33. The molecule has 12 nitrogen and oxygen atoms in total. The number of guanidine groups is 1. The maximum atomic E-state index is 13.8. The summed E-state index contributed by atoms with van der Waals surface area (Å²) in [5.41, 5.74) is 16.4. The summed E-state index contributed by atoms with van der Waals surface area (Å²) in [6.45, 7) is 1.83. The van der Waals surface area contributed by atoms with Crippen molar-refractivity contribution in [3.8, 4) is 11.1 Å². The van der Waals surface area contributed by atoms with Crippen molar-refractivity contribution in [1.29, 1.82) is 0 Å². The lowest BCUT2D eigenvalue weighted by Gasteiger charge is -2.27. The molecule has 2 atom stereocenters. The van der Waals surface area contributed by atoms with Crippen LogP contribution < -0.4 is 16.8 Å². The summed E-state index contributed by atoms with van der Waals surface area (Å²) in [5.74, 6) is -0.899. The van der Waals surface area contributed by atoms with E-state index in [-0.39, 0.29) is 44.1 Å². The molecule has 47 heavy (non-hydrogen) atoms. The Morgan fingerprint density at radius 3 is 2.26 bits per heavy atom. The molecule has 5 N–H and O–H groups in total. The molecule has 3 aromatic carbocycles. The summed E-state index contributed by atoms with van der Waals surface area (Å²) in [5, 5.41) is 2.79. The SMILES string of the molecule is COC(=O)[C@H](COCc1ccccc1)N1CCN(C(=O)[C@H](CCCN=C(N)N)NC(=O)OCC2c3ccccc3-c3ccccc32)C1. The molecule has 12 heteroatoms. The Bertz CT molecular complexity index is 1520. The maximum absolute atomic E-state index is 13.8. The molecule has 248 valence electrons. The first-order chi connectivity index (χ1) is 22.9. The molecular formula is C35H42N6O6. The zero-order chi connectivity index (χ0) is 33.2. The third-order valence-electron chi connectivity index (χ3n) is 8.50. The second-order valence-corrected chi connectivity index (χ2v) is 11.6. The van der Waals surface area contributed by atoms with Crippen LogP contribution in [0, 0.1) is 0 Å². The summed E-state index contributed by atoms with van der Waals surface area (Å²) in [6.07, 6.45) is 0.0507. The Hall–Kier alpha value is -4.94. The number of carbonyl (C=O) groups is 3. The largest absolute Gasteiger partial charge is 0.468 e. The van der Waals surface area contributed by atoms with E-state index in [2.05, 4.69) is 22.4 Å². The fraction of sp³-hybridized carbons (Fsp3) is 0.371. The van der Waals surface area contributed by atoms with Crippen molar-refractivity contribution in [1.82, 2.24) is 15.1 Å². The topological polar surface area (TPSA) is 162 Å². The zero-order valence-corrected chi connectivity index (χ0v) is 26.5. The molecular weight excluding hydrogens is 600 g/mol. The molecule has 1 fully saturated rings. The second kappa shape index (κ2) is 16.1. The molecule has 2 amide bonds. The third kappa shape index (κ3) is 8.46. The molecule has 0 unspecified atom stereocenters. The van der Waals surface area contributed by atoms with Crippen LogP contribution in [0.15, 0.2) is 83.9 Å². The number of hydrogen-bond acceptors (Lipinski definition) is 8. The number of rotatable bonds is 14. The van der Waals surface area contributed by atoms with Gasteiger partial charge < -0.3 is 35.9 Å². The lowest BCUT2D eigenvalue weighted by molar-refractivity contribution is -0.150.